The third-order valence-electron chi connectivity index (χ3n) is 4.64. The van der Waals surface area contributed by atoms with Crippen molar-refractivity contribution in [1.82, 2.24) is 10.2 Å². The molecule has 0 spiro atoms. The number of hydrogen-bond acceptors (Lipinski definition) is 2. The first-order valence-electron chi connectivity index (χ1n) is 9.16. The molecule has 2 aromatic carbocycles. The summed E-state index contributed by atoms with van der Waals surface area (Å²) in [4.78, 5) is 13.3. The number of rotatable bonds is 4. The van der Waals surface area contributed by atoms with E-state index in [4.69, 9.17) is 0 Å². The molecule has 0 unspecified atom stereocenters. The fraction of sp³-hybridized carbons (Fsp3) is 0.409. The molecule has 0 saturated heterocycles. The molecule has 1 heterocycles. The van der Waals surface area contributed by atoms with Crippen molar-refractivity contribution in [2.75, 3.05) is 20.6 Å². The minimum atomic E-state index is 0.0962. The van der Waals surface area contributed by atoms with Crippen LogP contribution in [0.15, 0.2) is 48.5 Å². The Morgan fingerprint density at radius 2 is 1.84 bits per heavy atom. The number of carbonyl (C=O) groups is 1. The van der Waals surface area contributed by atoms with Crippen molar-refractivity contribution in [3.63, 3.8) is 0 Å². The lowest BCUT2D eigenvalue weighted by atomic mass is 9.97. The number of benzene rings is 2. The summed E-state index contributed by atoms with van der Waals surface area (Å²) in [5.41, 5.74) is 5.77. The summed E-state index contributed by atoms with van der Waals surface area (Å²) in [7, 11) is 3.85. The van der Waals surface area contributed by atoms with Gasteiger partial charge in [-0.15, -0.1) is 0 Å². The van der Waals surface area contributed by atoms with Crippen molar-refractivity contribution in [2.24, 2.45) is 0 Å². The van der Waals surface area contributed by atoms with Gasteiger partial charge in [0.2, 0.25) is 5.91 Å². The molecule has 0 atom stereocenters. The third-order valence-corrected chi connectivity index (χ3v) is 4.64. The maximum absolute atomic E-state index is 10.9. The molecule has 0 bridgehead atoms. The van der Waals surface area contributed by atoms with Gasteiger partial charge >= 0.3 is 0 Å². The second kappa shape index (κ2) is 10.00. The van der Waals surface area contributed by atoms with Crippen molar-refractivity contribution >= 4 is 5.91 Å². The highest BCUT2D eigenvalue weighted by Crippen LogP contribution is 2.19. The monoisotopic (exact) mass is 338 g/mol. The number of amides is 1. The Labute approximate surface area is 152 Å². The molecule has 0 saturated carbocycles. The minimum absolute atomic E-state index is 0.0962. The SMILES string of the molecule is CCc1ccc2c(c1)CCN(C)C2.CNC(=O)CCc1ccccc1. The molecule has 1 amide bonds. The molecular formula is C22H30N2O. The molecule has 25 heavy (non-hydrogen) atoms. The van der Waals surface area contributed by atoms with E-state index in [1.54, 1.807) is 12.6 Å². The topological polar surface area (TPSA) is 32.3 Å². The molecule has 3 heteroatoms. The number of fused-ring (bicyclic) bond motifs is 1. The van der Waals surface area contributed by atoms with E-state index in [9.17, 15) is 4.79 Å². The van der Waals surface area contributed by atoms with Crippen LogP contribution >= 0.6 is 0 Å². The zero-order valence-electron chi connectivity index (χ0n) is 15.7. The lowest BCUT2D eigenvalue weighted by Crippen LogP contribution is -2.26. The molecule has 0 fully saturated rings. The van der Waals surface area contributed by atoms with E-state index in [0.717, 1.165) is 19.4 Å². The summed E-state index contributed by atoms with van der Waals surface area (Å²) in [6.45, 7) is 4.55. The first-order valence-corrected chi connectivity index (χ1v) is 9.16. The lowest BCUT2D eigenvalue weighted by molar-refractivity contribution is -0.120. The largest absolute Gasteiger partial charge is 0.359 e. The predicted octanol–water partition coefficient (Wildman–Crippen LogP) is 3.60. The Morgan fingerprint density at radius 3 is 2.52 bits per heavy atom. The Hall–Kier alpha value is -2.13. The molecule has 1 aliphatic rings. The summed E-state index contributed by atoms with van der Waals surface area (Å²) in [5, 5.41) is 2.60. The van der Waals surface area contributed by atoms with Gasteiger partial charge in [-0.1, -0.05) is 55.5 Å². The fourth-order valence-corrected chi connectivity index (χ4v) is 2.99. The number of hydrogen-bond donors (Lipinski definition) is 1. The highest BCUT2D eigenvalue weighted by molar-refractivity contribution is 5.75. The van der Waals surface area contributed by atoms with E-state index in [-0.39, 0.29) is 5.91 Å². The van der Waals surface area contributed by atoms with Crippen molar-refractivity contribution in [1.29, 1.82) is 0 Å². The average molecular weight is 338 g/mol. The zero-order valence-corrected chi connectivity index (χ0v) is 15.7. The number of carbonyl (C=O) groups excluding carboxylic acids is 1. The summed E-state index contributed by atoms with van der Waals surface area (Å²) in [6.07, 6.45) is 3.77. The number of nitrogens with one attached hydrogen (secondary N) is 1. The Kier molecular flexibility index (Phi) is 7.68. The second-order valence-electron chi connectivity index (χ2n) is 6.60. The Bertz CT molecular complexity index is 667. The van der Waals surface area contributed by atoms with Crippen LogP contribution in [0.1, 0.15) is 35.6 Å². The second-order valence-corrected chi connectivity index (χ2v) is 6.60. The fourth-order valence-electron chi connectivity index (χ4n) is 2.99. The van der Waals surface area contributed by atoms with Crippen LogP contribution in [0.25, 0.3) is 0 Å². The van der Waals surface area contributed by atoms with Gasteiger partial charge in [-0.05, 0) is 48.6 Å². The molecule has 1 aliphatic heterocycles. The number of aryl methyl sites for hydroxylation is 2. The van der Waals surface area contributed by atoms with Gasteiger partial charge in [0.05, 0.1) is 0 Å². The Morgan fingerprint density at radius 1 is 1.08 bits per heavy atom. The first-order chi connectivity index (χ1) is 12.1. The van der Waals surface area contributed by atoms with E-state index in [2.05, 4.69) is 42.4 Å². The lowest BCUT2D eigenvalue weighted by Gasteiger charge is -2.25. The highest BCUT2D eigenvalue weighted by atomic mass is 16.1. The van der Waals surface area contributed by atoms with Crippen LogP contribution in [-0.4, -0.2) is 31.4 Å². The van der Waals surface area contributed by atoms with Gasteiger partial charge in [-0.25, -0.2) is 0 Å². The van der Waals surface area contributed by atoms with E-state index in [0.29, 0.717) is 6.42 Å². The molecule has 0 aliphatic carbocycles. The van der Waals surface area contributed by atoms with Gasteiger partial charge in [-0.2, -0.15) is 0 Å². The number of likely N-dealkylation sites (N-methyl/N-ethyl adjacent to an activating group) is 1. The summed E-state index contributed by atoms with van der Waals surface area (Å²) in [5.74, 6) is 0.0962. The van der Waals surface area contributed by atoms with E-state index in [1.165, 1.54) is 29.7 Å². The minimum Gasteiger partial charge on any atom is -0.359 e. The zero-order chi connectivity index (χ0) is 18.1. The van der Waals surface area contributed by atoms with Crippen molar-refractivity contribution in [3.05, 3.63) is 70.8 Å². The van der Waals surface area contributed by atoms with Crippen LogP contribution in [0.4, 0.5) is 0 Å². The van der Waals surface area contributed by atoms with Crippen LogP contribution in [0.3, 0.4) is 0 Å². The van der Waals surface area contributed by atoms with Gasteiger partial charge in [-0.3, -0.25) is 4.79 Å². The van der Waals surface area contributed by atoms with Crippen molar-refractivity contribution in [2.45, 2.75) is 39.2 Å². The maximum Gasteiger partial charge on any atom is 0.220 e. The Balaban J connectivity index is 0.000000181. The van der Waals surface area contributed by atoms with E-state index >= 15 is 0 Å². The number of nitrogens with zero attached hydrogens (tertiary/aromatic N) is 1. The summed E-state index contributed by atoms with van der Waals surface area (Å²) in [6, 6.07) is 16.9. The van der Waals surface area contributed by atoms with Crippen LogP contribution in [0, 0.1) is 0 Å². The molecule has 2 aromatic rings. The summed E-state index contributed by atoms with van der Waals surface area (Å²) < 4.78 is 0. The smallest absolute Gasteiger partial charge is 0.220 e. The van der Waals surface area contributed by atoms with Crippen LogP contribution in [0.2, 0.25) is 0 Å². The predicted molar refractivity (Wildman–Crippen MR) is 105 cm³/mol. The molecule has 1 N–H and O–H groups in total. The van der Waals surface area contributed by atoms with Gasteiger partial charge in [0, 0.05) is 26.6 Å². The van der Waals surface area contributed by atoms with Gasteiger partial charge in [0.25, 0.3) is 0 Å². The first kappa shape index (κ1) is 19.2. The van der Waals surface area contributed by atoms with Crippen molar-refractivity contribution in [3.8, 4) is 0 Å². The molecule has 0 radical (unpaired) electrons. The van der Waals surface area contributed by atoms with Gasteiger partial charge in [0.1, 0.15) is 0 Å². The summed E-state index contributed by atoms with van der Waals surface area (Å²) >= 11 is 0. The van der Waals surface area contributed by atoms with Gasteiger partial charge in [0.15, 0.2) is 0 Å². The molecule has 0 aromatic heterocycles. The molecule has 3 nitrogen and oxygen atoms in total. The molecule has 134 valence electrons. The molecular weight excluding hydrogens is 308 g/mol. The normalized spacial score (nSPS) is 13.4. The van der Waals surface area contributed by atoms with Crippen LogP contribution in [0.5, 0.6) is 0 Å². The quantitative estimate of drug-likeness (QED) is 0.924. The van der Waals surface area contributed by atoms with Gasteiger partial charge < -0.3 is 10.2 Å². The standard InChI is InChI=1S/C12H17N.C10H13NO/c1-3-10-4-5-12-9-13(2)7-6-11(12)8-10;1-11-10(12)8-7-9-5-3-2-4-6-9/h4-5,8H,3,6-7,9H2,1-2H3;2-6H,7-8H2,1H3,(H,11,12). The van der Waals surface area contributed by atoms with Crippen LogP contribution < -0.4 is 5.32 Å². The highest BCUT2D eigenvalue weighted by Gasteiger charge is 2.12. The molecule has 3 rings (SSSR count). The van der Waals surface area contributed by atoms with E-state index in [1.807, 2.05) is 30.3 Å². The van der Waals surface area contributed by atoms with E-state index < -0.39 is 0 Å². The third kappa shape index (κ3) is 6.35. The van der Waals surface area contributed by atoms with Crippen molar-refractivity contribution < 1.29 is 4.79 Å². The maximum atomic E-state index is 10.9. The average Bonchev–Trinajstić information content (AvgIpc) is 2.67. The van der Waals surface area contributed by atoms with Crippen LogP contribution in [-0.2, 0) is 30.6 Å².